The van der Waals surface area contributed by atoms with Crippen molar-refractivity contribution in [3.63, 3.8) is 0 Å². The number of thiophene rings is 1. The molecule has 0 saturated carbocycles. The number of hydrogen-bond donors (Lipinski definition) is 1. The van der Waals surface area contributed by atoms with Gasteiger partial charge < -0.3 is 5.11 Å². The van der Waals surface area contributed by atoms with E-state index < -0.39 is 6.04 Å². The zero-order valence-corrected chi connectivity index (χ0v) is 6.53. The van der Waals surface area contributed by atoms with E-state index in [0.29, 0.717) is 0 Å². The average molecular weight is 169 g/mol. The van der Waals surface area contributed by atoms with Gasteiger partial charge in [0.1, 0.15) is 0 Å². The van der Waals surface area contributed by atoms with Gasteiger partial charge >= 0.3 is 0 Å². The Labute approximate surface area is 67.7 Å². The predicted molar refractivity (Wildman–Crippen MR) is 43.3 cm³/mol. The summed E-state index contributed by atoms with van der Waals surface area (Å²) < 4.78 is 0. The van der Waals surface area contributed by atoms with E-state index in [-0.39, 0.29) is 6.61 Å². The molecule has 1 heterocycles. The Morgan fingerprint density at radius 2 is 2.64 bits per heavy atom. The second kappa shape index (κ2) is 3.98. The molecule has 1 atom stereocenters. The minimum absolute atomic E-state index is 0.134. The van der Waals surface area contributed by atoms with Crippen LogP contribution in [0.15, 0.2) is 22.6 Å². The van der Waals surface area contributed by atoms with Gasteiger partial charge in [-0.1, -0.05) is 11.2 Å². The minimum Gasteiger partial charge on any atom is -0.396 e. The Hall–Kier alpha value is -1.03. The van der Waals surface area contributed by atoms with Crippen molar-refractivity contribution in [1.29, 1.82) is 0 Å². The molecule has 1 N–H and O–H groups in total. The Bertz CT molecular complexity index is 253. The molecule has 0 radical (unpaired) electrons. The highest BCUT2D eigenvalue weighted by molar-refractivity contribution is 7.10. The molecule has 0 aliphatic heterocycles. The van der Waals surface area contributed by atoms with Crippen LogP contribution in [0, 0.1) is 0 Å². The second-order valence-electron chi connectivity index (χ2n) is 1.92. The van der Waals surface area contributed by atoms with Gasteiger partial charge in [0, 0.05) is 9.79 Å². The summed E-state index contributed by atoms with van der Waals surface area (Å²) in [6.45, 7) is -0.134. The Morgan fingerprint density at radius 1 is 1.82 bits per heavy atom. The third-order valence-electron chi connectivity index (χ3n) is 1.24. The molecule has 0 saturated heterocycles. The lowest BCUT2D eigenvalue weighted by molar-refractivity contribution is 0.269. The summed E-state index contributed by atoms with van der Waals surface area (Å²) in [5, 5.41) is 14.1. The first-order chi connectivity index (χ1) is 5.38. The number of nitrogens with zero attached hydrogens (tertiary/aromatic N) is 3. The van der Waals surface area contributed by atoms with Gasteiger partial charge in [0.15, 0.2) is 0 Å². The van der Waals surface area contributed by atoms with Crippen LogP contribution in [0.5, 0.6) is 0 Å². The molecular formula is C6H7N3OS. The number of rotatable bonds is 3. The van der Waals surface area contributed by atoms with E-state index in [1.807, 2.05) is 17.5 Å². The van der Waals surface area contributed by atoms with Crippen LogP contribution in [0.4, 0.5) is 0 Å². The third-order valence-corrected chi connectivity index (χ3v) is 2.21. The second-order valence-corrected chi connectivity index (χ2v) is 2.90. The van der Waals surface area contributed by atoms with Gasteiger partial charge in [0.2, 0.25) is 0 Å². The summed E-state index contributed by atoms with van der Waals surface area (Å²) in [4.78, 5) is 3.53. The summed E-state index contributed by atoms with van der Waals surface area (Å²) in [5.74, 6) is 0. The van der Waals surface area contributed by atoms with Crippen LogP contribution in [-0.4, -0.2) is 11.7 Å². The molecule has 0 bridgehead atoms. The summed E-state index contributed by atoms with van der Waals surface area (Å²) in [5.41, 5.74) is 8.12. The van der Waals surface area contributed by atoms with Crippen LogP contribution >= 0.6 is 11.3 Å². The Morgan fingerprint density at radius 3 is 3.09 bits per heavy atom. The quantitative estimate of drug-likeness (QED) is 0.420. The molecule has 0 amide bonds. The van der Waals surface area contributed by atoms with Gasteiger partial charge in [-0.2, -0.15) is 0 Å². The SMILES string of the molecule is [N-]=[N+]=NC(CO)c1cccs1. The van der Waals surface area contributed by atoms with E-state index in [0.717, 1.165) is 4.88 Å². The predicted octanol–water partition coefficient (Wildman–Crippen LogP) is 2.09. The standard InChI is InChI=1S/C6H7N3OS/c7-9-8-5(4-10)6-2-1-3-11-6/h1-3,5,10H,4H2. The molecule has 1 rings (SSSR count). The normalized spacial score (nSPS) is 12.1. The lowest BCUT2D eigenvalue weighted by Crippen LogP contribution is -1.96. The maximum atomic E-state index is 8.77. The van der Waals surface area contributed by atoms with Crippen LogP contribution in [0.3, 0.4) is 0 Å². The van der Waals surface area contributed by atoms with E-state index in [9.17, 15) is 0 Å². The maximum Gasteiger partial charge on any atom is 0.0949 e. The largest absolute Gasteiger partial charge is 0.396 e. The van der Waals surface area contributed by atoms with Crippen molar-refractivity contribution < 1.29 is 5.11 Å². The molecule has 0 fully saturated rings. The van der Waals surface area contributed by atoms with Crippen LogP contribution in [-0.2, 0) is 0 Å². The fraction of sp³-hybridized carbons (Fsp3) is 0.333. The molecule has 1 aromatic rings. The van der Waals surface area contributed by atoms with E-state index in [4.69, 9.17) is 10.6 Å². The first kappa shape index (κ1) is 8.07. The van der Waals surface area contributed by atoms with E-state index in [2.05, 4.69) is 10.0 Å². The summed E-state index contributed by atoms with van der Waals surface area (Å²) in [6, 6.07) is 3.27. The molecule has 1 aromatic heterocycles. The highest BCUT2D eigenvalue weighted by Crippen LogP contribution is 2.21. The molecule has 0 spiro atoms. The summed E-state index contributed by atoms with van der Waals surface area (Å²) in [6.07, 6.45) is 0. The molecule has 4 nitrogen and oxygen atoms in total. The number of aliphatic hydroxyl groups is 1. The highest BCUT2D eigenvalue weighted by Gasteiger charge is 2.07. The Kier molecular flexibility index (Phi) is 2.92. The number of hydrogen-bond acceptors (Lipinski definition) is 3. The number of azide groups is 1. The monoisotopic (exact) mass is 169 g/mol. The van der Waals surface area contributed by atoms with Crippen molar-refractivity contribution in [1.82, 2.24) is 0 Å². The van der Waals surface area contributed by atoms with Crippen molar-refractivity contribution >= 4 is 11.3 Å². The number of aliphatic hydroxyl groups excluding tert-OH is 1. The zero-order valence-electron chi connectivity index (χ0n) is 5.71. The first-order valence-electron chi connectivity index (χ1n) is 3.07. The Balaban J connectivity index is 2.79. The topological polar surface area (TPSA) is 69.0 Å². The lowest BCUT2D eigenvalue weighted by Gasteiger charge is -2.01. The summed E-state index contributed by atoms with van der Waals surface area (Å²) >= 11 is 1.47. The van der Waals surface area contributed by atoms with Gasteiger partial charge in [0.25, 0.3) is 0 Å². The van der Waals surface area contributed by atoms with Gasteiger partial charge in [-0.05, 0) is 17.0 Å². The molecule has 1 unspecified atom stereocenters. The molecule has 0 aliphatic carbocycles. The van der Waals surface area contributed by atoms with Crippen LogP contribution in [0.1, 0.15) is 10.9 Å². The molecular weight excluding hydrogens is 162 g/mol. The molecule has 0 aromatic carbocycles. The van der Waals surface area contributed by atoms with Crippen molar-refractivity contribution in [2.45, 2.75) is 6.04 Å². The van der Waals surface area contributed by atoms with Crippen molar-refractivity contribution in [3.05, 3.63) is 32.8 Å². The lowest BCUT2D eigenvalue weighted by atomic mass is 10.3. The first-order valence-corrected chi connectivity index (χ1v) is 3.95. The van der Waals surface area contributed by atoms with Gasteiger partial charge in [-0.3, -0.25) is 0 Å². The fourth-order valence-electron chi connectivity index (χ4n) is 0.727. The highest BCUT2D eigenvalue weighted by atomic mass is 32.1. The molecule has 0 aliphatic rings. The maximum absolute atomic E-state index is 8.77. The molecule has 11 heavy (non-hydrogen) atoms. The van der Waals surface area contributed by atoms with E-state index in [1.54, 1.807) is 0 Å². The van der Waals surface area contributed by atoms with Crippen LogP contribution < -0.4 is 0 Å². The minimum atomic E-state index is -0.417. The average Bonchev–Trinajstić information content (AvgIpc) is 2.52. The smallest absolute Gasteiger partial charge is 0.0949 e. The third kappa shape index (κ3) is 1.94. The van der Waals surface area contributed by atoms with Gasteiger partial charge in [-0.15, -0.1) is 11.3 Å². The zero-order chi connectivity index (χ0) is 8.10. The van der Waals surface area contributed by atoms with Gasteiger partial charge in [-0.25, -0.2) is 0 Å². The van der Waals surface area contributed by atoms with Crippen molar-refractivity contribution in [2.24, 2.45) is 5.11 Å². The molecule has 5 heteroatoms. The van der Waals surface area contributed by atoms with Crippen molar-refractivity contribution in [3.8, 4) is 0 Å². The van der Waals surface area contributed by atoms with Crippen LogP contribution in [0.25, 0.3) is 10.4 Å². The van der Waals surface area contributed by atoms with Crippen molar-refractivity contribution in [2.75, 3.05) is 6.61 Å². The van der Waals surface area contributed by atoms with Gasteiger partial charge in [0.05, 0.1) is 12.6 Å². The van der Waals surface area contributed by atoms with Crippen LogP contribution in [0.2, 0.25) is 0 Å². The summed E-state index contributed by atoms with van der Waals surface area (Å²) in [7, 11) is 0. The molecule has 58 valence electrons. The fourth-order valence-corrected chi connectivity index (χ4v) is 1.48. The van der Waals surface area contributed by atoms with E-state index in [1.165, 1.54) is 11.3 Å². The van der Waals surface area contributed by atoms with E-state index >= 15 is 0 Å².